The fraction of sp³-hybridized carbons (Fsp3) is 0.522. The summed E-state index contributed by atoms with van der Waals surface area (Å²) < 4.78 is 44.4. The van der Waals surface area contributed by atoms with Gasteiger partial charge in [0.2, 0.25) is 5.91 Å². The maximum absolute atomic E-state index is 13.1. The van der Waals surface area contributed by atoms with Crippen LogP contribution in [0, 0.1) is 0 Å². The van der Waals surface area contributed by atoms with Crippen LogP contribution in [0.1, 0.15) is 37.9 Å². The molecule has 0 radical (unpaired) electrons. The lowest BCUT2D eigenvalue weighted by molar-refractivity contribution is -0.139. The van der Waals surface area contributed by atoms with Crippen molar-refractivity contribution in [1.82, 2.24) is 20.0 Å². The number of nitrogens with zero attached hydrogens (tertiary/aromatic N) is 3. The van der Waals surface area contributed by atoms with Gasteiger partial charge < -0.3 is 15.0 Å². The Morgan fingerprint density at radius 1 is 1.09 bits per heavy atom. The van der Waals surface area contributed by atoms with Crippen LogP contribution in [0.2, 0.25) is 0 Å². The molecule has 2 heterocycles. The van der Waals surface area contributed by atoms with Gasteiger partial charge >= 0.3 is 18.2 Å². The third-order valence-electron chi connectivity index (χ3n) is 6.01. The molecule has 1 aromatic carbocycles. The molecule has 1 atom stereocenters. The van der Waals surface area contributed by atoms with E-state index in [1.807, 2.05) is 4.90 Å². The van der Waals surface area contributed by atoms with Crippen molar-refractivity contribution < 1.29 is 32.3 Å². The Bertz CT molecular complexity index is 954. The highest BCUT2D eigenvalue weighted by Gasteiger charge is 2.39. The number of benzene rings is 1. The van der Waals surface area contributed by atoms with E-state index in [1.54, 1.807) is 18.7 Å². The van der Waals surface area contributed by atoms with E-state index in [1.165, 1.54) is 24.0 Å². The fourth-order valence-electron chi connectivity index (χ4n) is 4.20. The van der Waals surface area contributed by atoms with Crippen LogP contribution in [0.25, 0.3) is 0 Å². The Kier molecular flexibility index (Phi) is 7.86. The first-order chi connectivity index (χ1) is 16.1. The van der Waals surface area contributed by atoms with Crippen LogP contribution in [0.4, 0.5) is 18.0 Å². The summed E-state index contributed by atoms with van der Waals surface area (Å²) in [6.07, 6.45) is -4.50. The lowest BCUT2D eigenvalue weighted by atomic mass is 9.93. The molecule has 2 aliphatic heterocycles. The quantitative estimate of drug-likeness (QED) is 0.631. The Balaban J connectivity index is 2.00. The van der Waals surface area contributed by atoms with E-state index in [9.17, 15) is 27.6 Å². The number of carbonyl (C=O) groups excluding carboxylic acids is 3. The number of rotatable bonds is 6. The number of nitrogens with one attached hydrogen (secondary N) is 1. The molecule has 0 bridgehead atoms. The van der Waals surface area contributed by atoms with Crippen LogP contribution in [-0.2, 0) is 20.5 Å². The van der Waals surface area contributed by atoms with Gasteiger partial charge in [-0.25, -0.2) is 9.59 Å². The number of halogens is 3. The molecule has 2 aliphatic rings. The number of piperazine rings is 1. The molecular weight excluding hydrogens is 453 g/mol. The van der Waals surface area contributed by atoms with E-state index < -0.39 is 29.8 Å². The van der Waals surface area contributed by atoms with Gasteiger partial charge in [0.1, 0.15) is 0 Å². The maximum atomic E-state index is 13.1. The predicted octanol–water partition coefficient (Wildman–Crippen LogP) is 2.77. The molecule has 1 fully saturated rings. The summed E-state index contributed by atoms with van der Waals surface area (Å²) in [5.41, 5.74) is 0.167. The highest BCUT2D eigenvalue weighted by atomic mass is 19.4. The standard InChI is InChI=1S/C23H29F3N4O4/c1-4-30-18(14-28-10-12-29(13-11-28)15(3)31)19(21(32)34-5-2)20(27-22(30)33)16-6-8-17(9-7-16)23(24,25)26/h6-9,20H,4-5,10-14H2,1-3H3,(H,27,33). The molecule has 1 aromatic rings. The van der Waals surface area contributed by atoms with Crippen molar-refractivity contribution in [2.45, 2.75) is 33.0 Å². The minimum Gasteiger partial charge on any atom is -0.463 e. The topological polar surface area (TPSA) is 82.2 Å². The van der Waals surface area contributed by atoms with Crippen LogP contribution in [-0.4, -0.2) is 78.5 Å². The van der Waals surface area contributed by atoms with Crippen molar-refractivity contribution in [1.29, 1.82) is 0 Å². The Morgan fingerprint density at radius 2 is 1.71 bits per heavy atom. The number of carbonyl (C=O) groups is 3. The first-order valence-electron chi connectivity index (χ1n) is 11.2. The van der Waals surface area contributed by atoms with E-state index in [4.69, 9.17) is 4.74 Å². The molecule has 1 unspecified atom stereocenters. The minimum absolute atomic E-state index is 0.0133. The van der Waals surface area contributed by atoms with Crippen molar-refractivity contribution in [3.8, 4) is 0 Å². The number of amides is 3. The number of esters is 1. The van der Waals surface area contributed by atoms with Gasteiger partial charge in [0.25, 0.3) is 0 Å². The summed E-state index contributed by atoms with van der Waals surface area (Å²) in [4.78, 5) is 42.9. The Morgan fingerprint density at radius 3 is 2.21 bits per heavy atom. The van der Waals surface area contributed by atoms with Gasteiger partial charge in [-0.2, -0.15) is 13.2 Å². The van der Waals surface area contributed by atoms with Crippen LogP contribution in [0.5, 0.6) is 0 Å². The average molecular weight is 483 g/mol. The third-order valence-corrected chi connectivity index (χ3v) is 6.01. The molecule has 34 heavy (non-hydrogen) atoms. The molecule has 0 spiro atoms. The van der Waals surface area contributed by atoms with Gasteiger partial charge in [-0.1, -0.05) is 12.1 Å². The average Bonchev–Trinajstić information content (AvgIpc) is 2.79. The second-order valence-electron chi connectivity index (χ2n) is 8.11. The Labute approximate surface area is 196 Å². The highest BCUT2D eigenvalue weighted by molar-refractivity contribution is 5.95. The molecule has 0 aliphatic carbocycles. The summed E-state index contributed by atoms with van der Waals surface area (Å²) in [7, 11) is 0. The number of ether oxygens (including phenoxy) is 1. The lowest BCUT2D eigenvalue weighted by Gasteiger charge is -2.40. The highest BCUT2D eigenvalue weighted by Crippen LogP contribution is 2.34. The third kappa shape index (κ3) is 5.52. The molecule has 186 valence electrons. The minimum atomic E-state index is -4.50. The van der Waals surface area contributed by atoms with Crippen molar-refractivity contribution in [3.05, 3.63) is 46.7 Å². The van der Waals surface area contributed by atoms with Crippen LogP contribution < -0.4 is 5.32 Å². The number of alkyl halides is 3. The Hall–Kier alpha value is -3.08. The first kappa shape index (κ1) is 25.5. The number of likely N-dealkylation sites (N-methyl/N-ethyl adjacent to an activating group) is 1. The number of urea groups is 1. The van der Waals surface area contributed by atoms with Crippen molar-refractivity contribution >= 4 is 17.9 Å². The summed E-state index contributed by atoms with van der Waals surface area (Å²) >= 11 is 0. The molecule has 1 N–H and O–H groups in total. The molecule has 8 nitrogen and oxygen atoms in total. The van der Waals surface area contributed by atoms with Crippen LogP contribution >= 0.6 is 0 Å². The molecule has 3 amide bonds. The van der Waals surface area contributed by atoms with Crippen molar-refractivity contribution in [2.75, 3.05) is 45.9 Å². The molecule has 1 saturated heterocycles. The van der Waals surface area contributed by atoms with Gasteiger partial charge in [-0.15, -0.1) is 0 Å². The SMILES string of the molecule is CCOC(=O)C1=C(CN2CCN(C(C)=O)CC2)N(CC)C(=O)NC1c1ccc(C(F)(F)F)cc1. The smallest absolute Gasteiger partial charge is 0.416 e. The van der Waals surface area contributed by atoms with E-state index in [0.717, 1.165) is 12.1 Å². The van der Waals surface area contributed by atoms with Gasteiger partial charge in [-0.05, 0) is 31.5 Å². The van der Waals surface area contributed by atoms with E-state index in [-0.39, 0.29) is 31.2 Å². The monoisotopic (exact) mass is 482 g/mol. The van der Waals surface area contributed by atoms with Gasteiger partial charge in [-0.3, -0.25) is 14.6 Å². The molecule has 3 rings (SSSR count). The summed E-state index contributed by atoms with van der Waals surface area (Å²) in [5, 5.41) is 2.75. The van der Waals surface area contributed by atoms with E-state index >= 15 is 0 Å². The maximum Gasteiger partial charge on any atom is 0.416 e. The van der Waals surface area contributed by atoms with Crippen LogP contribution in [0.15, 0.2) is 35.5 Å². The summed E-state index contributed by atoms with van der Waals surface area (Å²) in [5.74, 6) is -0.649. The van der Waals surface area contributed by atoms with Gasteiger partial charge in [0.15, 0.2) is 0 Å². The first-order valence-corrected chi connectivity index (χ1v) is 11.2. The van der Waals surface area contributed by atoms with E-state index in [0.29, 0.717) is 37.4 Å². The largest absolute Gasteiger partial charge is 0.463 e. The van der Waals surface area contributed by atoms with E-state index in [2.05, 4.69) is 5.32 Å². The zero-order chi connectivity index (χ0) is 25.0. The second kappa shape index (κ2) is 10.5. The van der Waals surface area contributed by atoms with Crippen molar-refractivity contribution in [2.24, 2.45) is 0 Å². The zero-order valence-electron chi connectivity index (χ0n) is 19.4. The fourth-order valence-corrected chi connectivity index (χ4v) is 4.20. The number of hydrogen-bond donors (Lipinski definition) is 1. The summed E-state index contributed by atoms with van der Waals surface area (Å²) in [6, 6.07) is 2.98. The number of hydrogen-bond acceptors (Lipinski definition) is 5. The predicted molar refractivity (Wildman–Crippen MR) is 117 cm³/mol. The van der Waals surface area contributed by atoms with Crippen LogP contribution in [0.3, 0.4) is 0 Å². The van der Waals surface area contributed by atoms with Gasteiger partial charge in [0.05, 0.1) is 23.8 Å². The van der Waals surface area contributed by atoms with Crippen molar-refractivity contribution in [3.63, 3.8) is 0 Å². The zero-order valence-corrected chi connectivity index (χ0v) is 19.4. The molecule has 0 saturated carbocycles. The summed E-state index contributed by atoms with van der Waals surface area (Å²) in [6.45, 7) is 7.76. The second-order valence-corrected chi connectivity index (χ2v) is 8.11. The lowest BCUT2D eigenvalue weighted by Crippen LogP contribution is -2.53. The molecular formula is C23H29F3N4O4. The molecule has 0 aromatic heterocycles. The normalized spacial score (nSPS) is 19.8. The molecule has 11 heteroatoms. The van der Waals surface area contributed by atoms with Gasteiger partial charge in [0, 0.05) is 51.9 Å².